The lowest BCUT2D eigenvalue weighted by atomic mass is 10.2. The van der Waals surface area contributed by atoms with E-state index < -0.39 is 5.82 Å². The molecule has 0 aliphatic heterocycles. The number of nitrogens with zero attached hydrogens (tertiary/aromatic N) is 4. The van der Waals surface area contributed by atoms with Crippen molar-refractivity contribution in [3.63, 3.8) is 0 Å². The zero-order chi connectivity index (χ0) is 9.42. The topological polar surface area (TPSA) is 54.5 Å². The highest BCUT2D eigenvalue weighted by atomic mass is 19.1. The van der Waals surface area contributed by atoms with E-state index in [1.807, 2.05) is 6.07 Å². The van der Waals surface area contributed by atoms with E-state index in [9.17, 15) is 4.39 Å². The number of hydrogen-bond donors (Lipinski definition) is 0. The van der Waals surface area contributed by atoms with Crippen molar-refractivity contribution in [2.24, 2.45) is 7.05 Å². The molecule has 1 aromatic heterocycles. The molecule has 0 saturated heterocycles. The molecule has 0 fully saturated rings. The summed E-state index contributed by atoms with van der Waals surface area (Å²) in [6.45, 7) is 0. The first kappa shape index (κ1) is 7.68. The van der Waals surface area contributed by atoms with Gasteiger partial charge in [-0.25, -0.2) is 9.07 Å². The number of aromatic nitrogens is 3. The van der Waals surface area contributed by atoms with Gasteiger partial charge in [0.1, 0.15) is 17.1 Å². The van der Waals surface area contributed by atoms with Gasteiger partial charge in [0.2, 0.25) is 0 Å². The Morgan fingerprint density at radius 2 is 2.31 bits per heavy atom. The van der Waals surface area contributed by atoms with Crippen molar-refractivity contribution in [3.8, 4) is 6.07 Å². The lowest BCUT2D eigenvalue weighted by Crippen LogP contribution is -1.92. The van der Waals surface area contributed by atoms with Gasteiger partial charge in [-0.1, -0.05) is 5.21 Å². The molecule has 1 aromatic carbocycles. The van der Waals surface area contributed by atoms with Crippen LogP contribution in [0.3, 0.4) is 0 Å². The van der Waals surface area contributed by atoms with Crippen LogP contribution in [0.1, 0.15) is 5.56 Å². The fourth-order valence-corrected chi connectivity index (χ4v) is 1.21. The van der Waals surface area contributed by atoms with E-state index in [0.29, 0.717) is 11.1 Å². The summed E-state index contributed by atoms with van der Waals surface area (Å²) >= 11 is 0. The Hall–Kier alpha value is -1.96. The summed E-state index contributed by atoms with van der Waals surface area (Å²) in [4.78, 5) is 0. The summed E-state index contributed by atoms with van der Waals surface area (Å²) < 4.78 is 14.5. The first-order valence-corrected chi connectivity index (χ1v) is 3.62. The minimum absolute atomic E-state index is 0.263. The van der Waals surface area contributed by atoms with Gasteiger partial charge in [0, 0.05) is 7.05 Å². The van der Waals surface area contributed by atoms with Crippen molar-refractivity contribution in [1.29, 1.82) is 5.26 Å². The summed E-state index contributed by atoms with van der Waals surface area (Å²) in [5.41, 5.74) is 0.911. The maximum Gasteiger partial charge on any atom is 0.150 e. The SMILES string of the molecule is Cn1nnc2c(C#N)ccc(F)c21. The van der Waals surface area contributed by atoms with Gasteiger partial charge in [0.05, 0.1) is 5.56 Å². The Bertz CT molecular complexity index is 509. The van der Waals surface area contributed by atoms with Crippen LogP contribution in [-0.4, -0.2) is 15.0 Å². The Morgan fingerprint density at radius 1 is 1.54 bits per heavy atom. The van der Waals surface area contributed by atoms with Gasteiger partial charge in [-0.15, -0.1) is 5.10 Å². The van der Waals surface area contributed by atoms with Crippen LogP contribution in [0.15, 0.2) is 12.1 Å². The normalized spacial score (nSPS) is 10.2. The molecule has 0 bridgehead atoms. The number of nitriles is 1. The number of fused-ring (bicyclic) bond motifs is 1. The number of rotatable bonds is 0. The van der Waals surface area contributed by atoms with Crippen molar-refractivity contribution in [3.05, 3.63) is 23.5 Å². The van der Waals surface area contributed by atoms with Crippen molar-refractivity contribution in [2.45, 2.75) is 0 Å². The highest BCUT2D eigenvalue weighted by molar-refractivity contribution is 5.81. The molecule has 0 N–H and O–H groups in total. The van der Waals surface area contributed by atoms with Gasteiger partial charge in [-0.3, -0.25) is 0 Å². The largest absolute Gasteiger partial charge is 0.245 e. The second-order valence-corrected chi connectivity index (χ2v) is 2.62. The van der Waals surface area contributed by atoms with Crippen LogP contribution in [0, 0.1) is 17.1 Å². The fraction of sp³-hybridized carbons (Fsp3) is 0.125. The number of halogens is 1. The van der Waals surface area contributed by atoms with Crippen LogP contribution < -0.4 is 0 Å². The summed E-state index contributed by atoms with van der Waals surface area (Å²) in [6.07, 6.45) is 0. The lowest BCUT2D eigenvalue weighted by Gasteiger charge is -1.94. The molecule has 0 radical (unpaired) electrons. The Kier molecular flexibility index (Phi) is 1.49. The van der Waals surface area contributed by atoms with Crippen LogP contribution in [0.25, 0.3) is 11.0 Å². The molecule has 64 valence electrons. The average molecular weight is 176 g/mol. The average Bonchev–Trinajstić information content (AvgIpc) is 2.50. The molecule has 5 heteroatoms. The maximum atomic E-state index is 13.2. The molecule has 13 heavy (non-hydrogen) atoms. The standard InChI is InChI=1S/C8H5FN4/c1-13-8-6(9)3-2-5(4-10)7(8)11-12-13/h2-3H,1H3. The predicted molar refractivity (Wildman–Crippen MR) is 43.2 cm³/mol. The maximum absolute atomic E-state index is 13.2. The Labute approximate surface area is 73.2 Å². The third-order valence-corrected chi connectivity index (χ3v) is 1.82. The molecular weight excluding hydrogens is 171 g/mol. The third-order valence-electron chi connectivity index (χ3n) is 1.82. The zero-order valence-electron chi connectivity index (χ0n) is 6.82. The number of aryl methyl sites for hydroxylation is 1. The molecule has 0 aliphatic carbocycles. The molecule has 0 amide bonds. The summed E-state index contributed by atoms with van der Waals surface area (Å²) in [7, 11) is 1.58. The zero-order valence-corrected chi connectivity index (χ0v) is 6.82. The monoisotopic (exact) mass is 176 g/mol. The minimum atomic E-state index is -0.415. The van der Waals surface area contributed by atoms with E-state index in [4.69, 9.17) is 5.26 Å². The van der Waals surface area contributed by atoms with Crippen LogP contribution in [0.4, 0.5) is 4.39 Å². The predicted octanol–water partition coefficient (Wildman–Crippen LogP) is 0.979. The van der Waals surface area contributed by atoms with Crippen LogP contribution >= 0.6 is 0 Å². The summed E-state index contributed by atoms with van der Waals surface area (Å²) in [6, 6.07) is 4.56. The van der Waals surface area contributed by atoms with E-state index in [-0.39, 0.29) is 5.52 Å². The van der Waals surface area contributed by atoms with Gasteiger partial charge in [-0.2, -0.15) is 5.26 Å². The lowest BCUT2D eigenvalue weighted by molar-refractivity contribution is 0.623. The third kappa shape index (κ3) is 0.957. The van der Waals surface area contributed by atoms with E-state index in [2.05, 4.69) is 10.3 Å². The molecule has 1 heterocycles. The van der Waals surface area contributed by atoms with Gasteiger partial charge >= 0.3 is 0 Å². The quantitative estimate of drug-likeness (QED) is 0.601. The second-order valence-electron chi connectivity index (χ2n) is 2.62. The van der Waals surface area contributed by atoms with Gasteiger partial charge in [0.15, 0.2) is 5.82 Å². The van der Waals surface area contributed by atoms with Crippen LogP contribution in [0.5, 0.6) is 0 Å². The molecule has 0 unspecified atom stereocenters. The molecule has 0 atom stereocenters. The first-order chi connectivity index (χ1) is 6.24. The van der Waals surface area contributed by atoms with E-state index in [1.54, 1.807) is 7.05 Å². The molecule has 2 rings (SSSR count). The molecular formula is C8H5FN4. The van der Waals surface area contributed by atoms with Gasteiger partial charge in [-0.05, 0) is 12.1 Å². The highest BCUT2D eigenvalue weighted by Gasteiger charge is 2.10. The molecule has 0 spiro atoms. The molecule has 0 aliphatic rings. The second kappa shape index (κ2) is 2.52. The van der Waals surface area contributed by atoms with Gasteiger partial charge < -0.3 is 0 Å². The van der Waals surface area contributed by atoms with E-state index in [0.717, 1.165) is 0 Å². The Morgan fingerprint density at radius 3 is 3.00 bits per heavy atom. The Balaban J connectivity index is 2.97. The number of hydrogen-bond acceptors (Lipinski definition) is 3. The van der Waals surface area contributed by atoms with Crippen LogP contribution in [0.2, 0.25) is 0 Å². The highest BCUT2D eigenvalue weighted by Crippen LogP contribution is 2.17. The van der Waals surface area contributed by atoms with Crippen molar-refractivity contribution in [2.75, 3.05) is 0 Å². The first-order valence-electron chi connectivity index (χ1n) is 3.62. The van der Waals surface area contributed by atoms with Gasteiger partial charge in [0.25, 0.3) is 0 Å². The summed E-state index contributed by atoms with van der Waals surface area (Å²) in [5.74, 6) is -0.415. The molecule has 4 nitrogen and oxygen atoms in total. The molecule has 2 aromatic rings. The molecule has 0 saturated carbocycles. The van der Waals surface area contributed by atoms with E-state index >= 15 is 0 Å². The van der Waals surface area contributed by atoms with Crippen molar-refractivity contribution in [1.82, 2.24) is 15.0 Å². The van der Waals surface area contributed by atoms with Crippen molar-refractivity contribution >= 4 is 11.0 Å². The number of benzene rings is 1. The van der Waals surface area contributed by atoms with E-state index in [1.165, 1.54) is 16.8 Å². The fourth-order valence-electron chi connectivity index (χ4n) is 1.21. The van der Waals surface area contributed by atoms with Crippen LogP contribution in [-0.2, 0) is 7.05 Å². The van der Waals surface area contributed by atoms with Crippen molar-refractivity contribution < 1.29 is 4.39 Å². The minimum Gasteiger partial charge on any atom is -0.245 e. The smallest absolute Gasteiger partial charge is 0.150 e. The summed E-state index contributed by atoms with van der Waals surface area (Å²) in [5, 5.41) is 16.0.